The molecule has 0 fully saturated rings. The van der Waals surface area contributed by atoms with Crippen LogP contribution in [0.4, 0.5) is 0 Å². The fraction of sp³-hybridized carbons (Fsp3) is 0.462. The molecule has 0 aliphatic rings. The number of ether oxygens (including phenoxy) is 1. The van der Waals surface area contributed by atoms with Crippen molar-refractivity contribution in [1.29, 1.82) is 0 Å². The largest absolute Gasteiger partial charge is 0.496 e. The van der Waals surface area contributed by atoms with Crippen molar-refractivity contribution in [2.45, 2.75) is 33.1 Å². The minimum Gasteiger partial charge on any atom is -0.496 e. The molecule has 0 radical (unpaired) electrons. The molecule has 0 saturated heterocycles. The third kappa shape index (κ3) is 2.58. The van der Waals surface area contributed by atoms with E-state index in [0.717, 1.165) is 24.0 Å². The Bertz CT molecular complexity index is 320. The van der Waals surface area contributed by atoms with Crippen LogP contribution in [0.1, 0.15) is 42.6 Å². The van der Waals surface area contributed by atoms with Crippen LogP contribution in [0, 0.1) is 0 Å². The number of methoxy groups -OCH3 is 1. The lowest BCUT2D eigenvalue weighted by Gasteiger charge is -2.11. The van der Waals surface area contributed by atoms with Gasteiger partial charge in [0.05, 0.1) is 12.7 Å². The molecule has 0 amide bonds. The van der Waals surface area contributed by atoms with Crippen LogP contribution in [-0.2, 0) is 6.42 Å². The number of benzene rings is 1. The van der Waals surface area contributed by atoms with Crippen molar-refractivity contribution < 1.29 is 9.53 Å². The van der Waals surface area contributed by atoms with E-state index < -0.39 is 0 Å². The van der Waals surface area contributed by atoms with Gasteiger partial charge in [0.1, 0.15) is 5.75 Å². The zero-order chi connectivity index (χ0) is 11.3. The summed E-state index contributed by atoms with van der Waals surface area (Å²) in [5, 5.41) is 0. The number of carbonyl (C=O) groups is 1. The average molecular weight is 206 g/mol. The number of rotatable bonds is 5. The summed E-state index contributed by atoms with van der Waals surface area (Å²) in [7, 11) is 1.61. The van der Waals surface area contributed by atoms with E-state index in [2.05, 4.69) is 6.92 Å². The van der Waals surface area contributed by atoms with Crippen LogP contribution >= 0.6 is 0 Å². The van der Waals surface area contributed by atoms with Crippen LogP contribution in [0.2, 0.25) is 0 Å². The summed E-state index contributed by atoms with van der Waals surface area (Å²) in [6, 6.07) is 5.77. The minimum absolute atomic E-state index is 0.187. The number of aryl methyl sites for hydroxylation is 1. The van der Waals surface area contributed by atoms with Crippen LogP contribution in [0.5, 0.6) is 5.75 Å². The molecular formula is C13H18O2. The van der Waals surface area contributed by atoms with Crippen LogP contribution in [0.15, 0.2) is 18.2 Å². The number of ketones is 1. The standard InChI is InChI=1S/C13H18O2/c1-4-7-11(14)13-10(5-2)8-6-9-12(13)15-3/h6,8-9H,4-5,7H2,1-3H3. The third-order valence-electron chi connectivity index (χ3n) is 2.47. The molecule has 1 rings (SSSR count). The highest BCUT2D eigenvalue weighted by molar-refractivity contribution is 6.00. The summed E-state index contributed by atoms with van der Waals surface area (Å²) < 4.78 is 5.23. The number of hydrogen-bond donors (Lipinski definition) is 0. The van der Waals surface area contributed by atoms with Crippen LogP contribution in [0.3, 0.4) is 0 Å². The van der Waals surface area contributed by atoms with Crippen molar-refractivity contribution in [3.8, 4) is 5.75 Å². The molecule has 0 saturated carbocycles. The van der Waals surface area contributed by atoms with Gasteiger partial charge in [-0.25, -0.2) is 0 Å². The van der Waals surface area contributed by atoms with Crippen molar-refractivity contribution in [3.05, 3.63) is 29.3 Å². The first-order valence-corrected chi connectivity index (χ1v) is 5.43. The smallest absolute Gasteiger partial charge is 0.166 e. The molecule has 15 heavy (non-hydrogen) atoms. The highest BCUT2D eigenvalue weighted by Crippen LogP contribution is 2.24. The maximum atomic E-state index is 11.9. The van der Waals surface area contributed by atoms with Gasteiger partial charge in [-0.05, 0) is 24.5 Å². The molecule has 1 aromatic carbocycles. The SMILES string of the molecule is CCCC(=O)c1c(CC)cccc1OC. The Balaban J connectivity index is 3.15. The van der Waals surface area contributed by atoms with Gasteiger partial charge in [-0.15, -0.1) is 0 Å². The summed E-state index contributed by atoms with van der Waals surface area (Å²) >= 11 is 0. The molecule has 2 nitrogen and oxygen atoms in total. The van der Waals surface area contributed by atoms with Gasteiger partial charge in [0.2, 0.25) is 0 Å². The lowest BCUT2D eigenvalue weighted by atomic mass is 9.98. The second kappa shape index (κ2) is 5.54. The van der Waals surface area contributed by atoms with Gasteiger partial charge in [0.15, 0.2) is 5.78 Å². The fourth-order valence-corrected chi connectivity index (χ4v) is 1.71. The van der Waals surface area contributed by atoms with Crippen LogP contribution < -0.4 is 4.74 Å². The van der Waals surface area contributed by atoms with E-state index in [0.29, 0.717) is 12.2 Å². The Morgan fingerprint density at radius 1 is 1.33 bits per heavy atom. The first-order valence-electron chi connectivity index (χ1n) is 5.43. The Kier molecular flexibility index (Phi) is 4.35. The predicted molar refractivity (Wildman–Crippen MR) is 61.6 cm³/mol. The fourth-order valence-electron chi connectivity index (χ4n) is 1.71. The third-order valence-corrected chi connectivity index (χ3v) is 2.47. The summed E-state index contributed by atoms with van der Waals surface area (Å²) in [5.41, 5.74) is 1.84. The molecular weight excluding hydrogens is 188 g/mol. The highest BCUT2D eigenvalue weighted by atomic mass is 16.5. The topological polar surface area (TPSA) is 26.3 Å². The molecule has 82 valence electrons. The Morgan fingerprint density at radius 3 is 2.60 bits per heavy atom. The predicted octanol–water partition coefficient (Wildman–Crippen LogP) is 3.24. The number of Topliss-reactive ketones (excluding diaryl/α,β-unsaturated/α-hetero) is 1. The normalized spacial score (nSPS) is 10.1. The highest BCUT2D eigenvalue weighted by Gasteiger charge is 2.14. The van der Waals surface area contributed by atoms with Gasteiger partial charge >= 0.3 is 0 Å². The maximum absolute atomic E-state index is 11.9. The van der Waals surface area contributed by atoms with E-state index in [-0.39, 0.29) is 5.78 Å². The van der Waals surface area contributed by atoms with E-state index in [9.17, 15) is 4.79 Å². The molecule has 0 heterocycles. The minimum atomic E-state index is 0.187. The van der Waals surface area contributed by atoms with Crippen molar-refractivity contribution >= 4 is 5.78 Å². The lowest BCUT2D eigenvalue weighted by molar-refractivity contribution is 0.0978. The zero-order valence-corrected chi connectivity index (χ0v) is 9.67. The Morgan fingerprint density at radius 2 is 2.07 bits per heavy atom. The van der Waals surface area contributed by atoms with E-state index in [1.54, 1.807) is 7.11 Å². The van der Waals surface area contributed by atoms with Gasteiger partial charge in [-0.2, -0.15) is 0 Å². The molecule has 0 N–H and O–H groups in total. The Hall–Kier alpha value is -1.31. The number of hydrogen-bond acceptors (Lipinski definition) is 2. The molecule has 1 aromatic rings. The lowest BCUT2D eigenvalue weighted by Crippen LogP contribution is -2.05. The summed E-state index contributed by atoms with van der Waals surface area (Å²) in [5.74, 6) is 0.889. The summed E-state index contributed by atoms with van der Waals surface area (Å²) in [6.45, 7) is 4.07. The van der Waals surface area contributed by atoms with E-state index in [1.807, 2.05) is 25.1 Å². The van der Waals surface area contributed by atoms with E-state index >= 15 is 0 Å². The van der Waals surface area contributed by atoms with Crippen LogP contribution in [0.25, 0.3) is 0 Å². The van der Waals surface area contributed by atoms with Gasteiger partial charge < -0.3 is 4.74 Å². The summed E-state index contributed by atoms with van der Waals surface area (Å²) in [6.07, 6.45) is 2.33. The van der Waals surface area contributed by atoms with Crippen molar-refractivity contribution in [2.75, 3.05) is 7.11 Å². The van der Waals surface area contributed by atoms with Gasteiger partial charge in [0.25, 0.3) is 0 Å². The average Bonchev–Trinajstić information content (AvgIpc) is 2.28. The van der Waals surface area contributed by atoms with Crippen molar-refractivity contribution in [2.24, 2.45) is 0 Å². The van der Waals surface area contributed by atoms with E-state index in [4.69, 9.17) is 4.74 Å². The molecule has 2 heteroatoms. The van der Waals surface area contributed by atoms with Gasteiger partial charge in [-0.1, -0.05) is 26.0 Å². The second-order valence-electron chi connectivity index (χ2n) is 3.52. The Labute approximate surface area is 91.3 Å². The monoisotopic (exact) mass is 206 g/mol. The maximum Gasteiger partial charge on any atom is 0.166 e. The van der Waals surface area contributed by atoms with Crippen molar-refractivity contribution in [3.63, 3.8) is 0 Å². The first kappa shape index (κ1) is 11.8. The molecule has 0 aromatic heterocycles. The molecule has 0 unspecified atom stereocenters. The molecule has 0 spiro atoms. The molecule has 0 bridgehead atoms. The van der Waals surface area contributed by atoms with E-state index in [1.165, 1.54) is 0 Å². The molecule has 0 atom stereocenters. The van der Waals surface area contributed by atoms with Gasteiger partial charge in [-0.3, -0.25) is 4.79 Å². The number of carbonyl (C=O) groups excluding carboxylic acids is 1. The zero-order valence-electron chi connectivity index (χ0n) is 9.67. The first-order chi connectivity index (χ1) is 7.24. The second-order valence-corrected chi connectivity index (χ2v) is 3.52. The summed E-state index contributed by atoms with van der Waals surface area (Å²) in [4.78, 5) is 11.9. The molecule has 0 aliphatic heterocycles. The van der Waals surface area contributed by atoms with Gasteiger partial charge in [0, 0.05) is 6.42 Å². The quantitative estimate of drug-likeness (QED) is 0.691. The molecule has 0 aliphatic carbocycles. The van der Waals surface area contributed by atoms with Crippen LogP contribution in [-0.4, -0.2) is 12.9 Å². The van der Waals surface area contributed by atoms with Crippen molar-refractivity contribution in [1.82, 2.24) is 0 Å².